The summed E-state index contributed by atoms with van der Waals surface area (Å²) in [6.45, 7) is 11.6. The summed E-state index contributed by atoms with van der Waals surface area (Å²) in [6.07, 6.45) is 2.37. The number of carbonyl (C=O) groups is 1. The van der Waals surface area contributed by atoms with Crippen LogP contribution in [-0.2, 0) is 4.79 Å². The summed E-state index contributed by atoms with van der Waals surface area (Å²) >= 11 is 0. The standard InChI is InChI=1S/C13H26N2O/c1-6-10(5)8-15-11(7-2)14-12(9(3)4)13(15)16/h9-12,14H,6-8H2,1-5H3. The van der Waals surface area contributed by atoms with E-state index in [0.29, 0.717) is 17.7 Å². The van der Waals surface area contributed by atoms with E-state index < -0.39 is 0 Å². The molecular weight excluding hydrogens is 200 g/mol. The van der Waals surface area contributed by atoms with Gasteiger partial charge < -0.3 is 4.90 Å². The van der Waals surface area contributed by atoms with Crippen molar-refractivity contribution in [1.82, 2.24) is 10.2 Å². The minimum absolute atomic E-state index is 0.0222. The van der Waals surface area contributed by atoms with E-state index in [-0.39, 0.29) is 12.2 Å². The molecule has 1 aliphatic rings. The van der Waals surface area contributed by atoms with Gasteiger partial charge >= 0.3 is 0 Å². The van der Waals surface area contributed by atoms with E-state index in [0.717, 1.165) is 19.4 Å². The van der Waals surface area contributed by atoms with Crippen molar-refractivity contribution >= 4 is 5.91 Å². The Labute approximate surface area is 99.6 Å². The number of rotatable bonds is 5. The first-order chi connectivity index (χ1) is 7.51. The molecule has 3 heteroatoms. The van der Waals surface area contributed by atoms with Gasteiger partial charge in [0.05, 0.1) is 12.2 Å². The number of hydrogen-bond acceptors (Lipinski definition) is 2. The topological polar surface area (TPSA) is 32.3 Å². The molecule has 0 aliphatic carbocycles. The number of carbonyl (C=O) groups excluding carboxylic acids is 1. The van der Waals surface area contributed by atoms with Crippen molar-refractivity contribution in [2.45, 2.75) is 59.7 Å². The third-order valence-electron chi connectivity index (χ3n) is 3.56. The van der Waals surface area contributed by atoms with E-state index in [1.807, 2.05) is 4.90 Å². The molecule has 1 heterocycles. The molecule has 1 aliphatic heterocycles. The first kappa shape index (κ1) is 13.5. The van der Waals surface area contributed by atoms with Crippen molar-refractivity contribution in [1.29, 1.82) is 0 Å². The molecule has 0 aromatic rings. The molecule has 1 N–H and O–H groups in total. The van der Waals surface area contributed by atoms with Crippen molar-refractivity contribution < 1.29 is 4.79 Å². The highest BCUT2D eigenvalue weighted by atomic mass is 16.2. The lowest BCUT2D eigenvalue weighted by Crippen LogP contribution is -2.39. The molecule has 3 unspecified atom stereocenters. The van der Waals surface area contributed by atoms with E-state index in [4.69, 9.17) is 0 Å². The number of hydrogen-bond donors (Lipinski definition) is 1. The first-order valence-electron chi connectivity index (χ1n) is 6.57. The smallest absolute Gasteiger partial charge is 0.241 e. The van der Waals surface area contributed by atoms with Gasteiger partial charge in [-0.05, 0) is 18.3 Å². The van der Waals surface area contributed by atoms with Crippen LogP contribution in [0.25, 0.3) is 0 Å². The van der Waals surface area contributed by atoms with Crippen LogP contribution in [0.4, 0.5) is 0 Å². The SMILES string of the molecule is CCC(C)CN1C(=O)C(C(C)C)NC1CC. The highest BCUT2D eigenvalue weighted by molar-refractivity contribution is 5.84. The Kier molecular flexibility index (Phi) is 4.78. The minimum atomic E-state index is 0.0222. The predicted octanol–water partition coefficient (Wildman–Crippen LogP) is 2.22. The summed E-state index contributed by atoms with van der Waals surface area (Å²) in [6, 6.07) is 0.0222. The molecule has 1 saturated heterocycles. The quantitative estimate of drug-likeness (QED) is 0.779. The summed E-state index contributed by atoms with van der Waals surface area (Å²) in [7, 11) is 0. The summed E-state index contributed by atoms with van der Waals surface area (Å²) < 4.78 is 0. The van der Waals surface area contributed by atoms with E-state index in [1.54, 1.807) is 0 Å². The van der Waals surface area contributed by atoms with Crippen molar-refractivity contribution in [2.24, 2.45) is 11.8 Å². The van der Waals surface area contributed by atoms with Crippen molar-refractivity contribution in [3.8, 4) is 0 Å². The minimum Gasteiger partial charge on any atom is -0.326 e. The van der Waals surface area contributed by atoms with Crippen molar-refractivity contribution in [3.63, 3.8) is 0 Å². The average molecular weight is 226 g/mol. The van der Waals surface area contributed by atoms with Crippen LogP contribution >= 0.6 is 0 Å². The van der Waals surface area contributed by atoms with E-state index in [1.165, 1.54) is 0 Å². The van der Waals surface area contributed by atoms with Crippen LogP contribution in [0.3, 0.4) is 0 Å². The second-order valence-electron chi connectivity index (χ2n) is 5.32. The van der Waals surface area contributed by atoms with Crippen LogP contribution in [0.2, 0.25) is 0 Å². The number of amides is 1. The Bertz CT molecular complexity index is 240. The molecule has 3 nitrogen and oxygen atoms in total. The van der Waals surface area contributed by atoms with Gasteiger partial charge in [-0.15, -0.1) is 0 Å². The third kappa shape index (κ3) is 2.76. The van der Waals surface area contributed by atoms with Crippen molar-refractivity contribution in [2.75, 3.05) is 6.54 Å². The maximum absolute atomic E-state index is 12.2. The van der Waals surface area contributed by atoms with Gasteiger partial charge in [0.15, 0.2) is 0 Å². The Morgan fingerprint density at radius 1 is 1.31 bits per heavy atom. The molecule has 0 saturated carbocycles. The van der Waals surface area contributed by atoms with Gasteiger partial charge in [-0.1, -0.05) is 41.0 Å². The fourth-order valence-corrected chi connectivity index (χ4v) is 2.20. The van der Waals surface area contributed by atoms with E-state index in [2.05, 4.69) is 39.9 Å². The predicted molar refractivity (Wildman–Crippen MR) is 67.0 cm³/mol. The Hall–Kier alpha value is -0.570. The van der Waals surface area contributed by atoms with Gasteiger partial charge in [0.2, 0.25) is 5.91 Å². The molecule has 94 valence electrons. The van der Waals surface area contributed by atoms with Gasteiger partial charge in [0.1, 0.15) is 0 Å². The molecule has 0 spiro atoms. The van der Waals surface area contributed by atoms with Crippen molar-refractivity contribution in [3.05, 3.63) is 0 Å². The zero-order chi connectivity index (χ0) is 12.3. The van der Waals surface area contributed by atoms with Crippen LogP contribution in [0.15, 0.2) is 0 Å². The zero-order valence-electron chi connectivity index (χ0n) is 11.3. The van der Waals surface area contributed by atoms with E-state index >= 15 is 0 Å². The maximum Gasteiger partial charge on any atom is 0.241 e. The molecule has 1 amide bonds. The Morgan fingerprint density at radius 3 is 2.38 bits per heavy atom. The van der Waals surface area contributed by atoms with Gasteiger partial charge in [0, 0.05) is 6.54 Å². The molecule has 0 aromatic carbocycles. The van der Waals surface area contributed by atoms with Crippen LogP contribution in [0, 0.1) is 11.8 Å². The Morgan fingerprint density at radius 2 is 1.94 bits per heavy atom. The molecule has 0 bridgehead atoms. The lowest BCUT2D eigenvalue weighted by atomic mass is 10.0. The lowest BCUT2D eigenvalue weighted by molar-refractivity contribution is -0.131. The van der Waals surface area contributed by atoms with Gasteiger partial charge in [-0.25, -0.2) is 0 Å². The number of nitrogens with one attached hydrogen (secondary N) is 1. The largest absolute Gasteiger partial charge is 0.326 e. The molecule has 1 rings (SSSR count). The molecule has 16 heavy (non-hydrogen) atoms. The molecule has 0 aromatic heterocycles. The van der Waals surface area contributed by atoms with E-state index in [9.17, 15) is 4.79 Å². The summed E-state index contributed by atoms with van der Waals surface area (Å²) in [5.41, 5.74) is 0. The summed E-state index contributed by atoms with van der Waals surface area (Å²) in [4.78, 5) is 14.3. The molecule has 0 radical (unpaired) electrons. The maximum atomic E-state index is 12.2. The molecular formula is C13H26N2O. The fourth-order valence-electron chi connectivity index (χ4n) is 2.20. The Balaban J connectivity index is 2.70. The molecule has 3 atom stereocenters. The zero-order valence-corrected chi connectivity index (χ0v) is 11.3. The summed E-state index contributed by atoms with van der Waals surface area (Å²) in [5.74, 6) is 1.26. The number of nitrogens with zero attached hydrogens (tertiary/aromatic N) is 1. The monoisotopic (exact) mass is 226 g/mol. The second-order valence-corrected chi connectivity index (χ2v) is 5.32. The van der Waals surface area contributed by atoms with Gasteiger partial charge in [0.25, 0.3) is 0 Å². The van der Waals surface area contributed by atoms with Crippen LogP contribution in [0.1, 0.15) is 47.5 Å². The van der Waals surface area contributed by atoms with Crippen LogP contribution < -0.4 is 5.32 Å². The summed E-state index contributed by atoms with van der Waals surface area (Å²) in [5, 5.41) is 3.45. The van der Waals surface area contributed by atoms with Crippen LogP contribution in [-0.4, -0.2) is 29.6 Å². The normalized spacial score (nSPS) is 27.9. The lowest BCUT2D eigenvalue weighted by Gasteiger charge is -2.25. The third-order valence-corrected chi connectivity index (χ3v) is 3.56. The van der Waals surface area contributed by atoms with Gasteiger partial charge in [-0.2, -0.15) is 0 Å². The fraction of sp³-hybridized carbons (Fsp3) is 0.923. The average Bonchev–Trinajstić information content (AvgIpc) is 2.56. The first-order valence-corrected chi connectivity index (χ1v) is 6.57. The molecule has 1 fully saturated rings. The highest BCUT2D eigenvalue weighted by Gasteiger charge is 2.39. The second kappa shape index (κ2) is 5.67. The van der Waals surface area contributed by atoms with Crippen LogP contribution in [0.5, 0.6) is 0 Å². The highest BCUT2D eigenvalue weighted by Crippen LogP contribution is 2.20. The van der Waals surface area contributed by atoms with Gasteiger partial charge in [-0.3, -0.25) is 10.1 Å².